The van der Waals surface area contributed by atoms with Gasteiger partial charge in [-0.15, -0.1) is 11.8 Å². The lowest BCUT2D eigenvalue weighted by atomic mass is 9.97. The van der Waals surface area contributed by atoms with Gasteiger partial charge in [0.1, 0.15) is 11.0 Å². The average Bonchev–Trinajstić information content (AvgIpc) is 2.74. The number of β-amino-alcohol motifs (C(OH)–C–C–N with tert-alkyl or cyclic N) is 1. The van der Waals surface area contributed by atoms with Crippen LogP contribution in [0.2, 0.25) is 0 Å². The molecule has 7 nitrogen and oxygen atoms in total. The molecule has 1 atom stereocenters. The molecular weight excluding hydrogens is 388 g/mol. The predicted octanol–water partition coefficient (Wildman–Crippen LogP) is 1.38. The Morgan fingerprint density at radius 1 is 1.24 bits per heavy atom. The third-order valence-electron chi connectivity index (χ3n) is 5.39. The molecule has 0 aromatic heterocycles. The molecule has 1 saturated heterocycles. The summed E-state index contributed by atoms with van der Waals surface area (Å²) in [4.78, 5) is 5.18. The zero-order valence-electron chi connectivity index (χ0n) is 17.4. The molecule has 3 rings (SSSR count). The highest BCUT2D eigenvalue weighted by Crippen LogP contribution is 2.37. The van der Waals surface area contributed by atoms with Gasteiger partial charge in [0.25, 0.3) is 0 Å². The van der Waals surface area contributed by atoms with Gasteiger partial charge in [-0.25, -0.2) is 0 Å². The van der Waals surface area contributed by atoms with Crippen LogP contribution in [-0.2, 0) is 6.42 Å². The van der Waals surface area contributed by atoms with Crippen molar-refractivity contribution in [2.45, 2.75) is 12.5 Å². The van der Waals surface area contributed by atoms with E-state index >= 15 is 0 Å². The smallest absolute Gasteiger partial charge is 0.161 e. The zero-order chi connectivity index (χ0) is 20.8. The second kappa shape index (κ2) is 10.2. The molecule has 0 bridgehead atoms. The van der Waals surface area contributed by atoms with Crippen molar-refractivity contribution in [2.75, 3.05) is 66.3 Å². The maximum Gasteiger partial charge on any atom is 0.161 e. The quantitative estimate of drug-likeness (QED) is 0.643. The summed E-state index contributed by atoms with van der Waals surface area (Å²) in [5.41, 5.74) is 2.90. The number of ether oxygens (including phenoxy) is 2. The van der Waals surface area contributed by atoms with Gasteiger partial charge in [0, 0.05) is 50.6 Å². The monoisotopic (exact) mass is 418 g/mol. The highest BCUT2D eigenvalue weighted by atomic mass is 32.2. The number of nitriles is 1. The molecule has 0 saturated carbocycles. The Balaban J connectivity index is 1.71. The van der Waals surface area contributed by atoms with Gasteiger partial charge in [-0.2, -0.15) is 5.26 Å². The fourth-order valence-electron chi connectivity index (χ4n) is 3.70. The first-order valence-electron chi connectivity index (χ1n) is 9.91. The molecular formula is C21H30N4O3S. The maximum atomic E-state index is 10.5. The Morgan fingerprint density at radius 2 is 1.93 bits per heavy atom. The second-order valence-electron chi connectivity index (χ2n) is 7.43. The molecule has 2 aliphatic heterocycles. The first-order chi connectivity index (χ1) is 14.0. The van der Waals surface area contributed by atoms with E-state index < -0.39 is 6.10 Å². The number of aliphatic hydroxyl groups is 1. The van der Waals surface area contributed by atoms with E-state index in [9.17, 15) is 10.4 Å². The van der Waals surface area contributed by atoms with Gasteiger partial charge in [-0.1, -0.05) is 0 Å². The van der Waals surface area contributed by atoms with E-state index in [4.69, 9.17) is 9.47 Å². The van der Waals surface area contributed by atoms with Crippen molar-refractivity contribution in [1.29, 1.82) is 5.26 Å². The Hall–Kier alpha value is -1.92. The van der Waals surface area contributed by atoms with Gasteiger partial charge < -0.3 is 24.8 Å². The maximum absolute atomic E-state index is 10.5. The Bertz CT molecular complexity index is 785. The molecule has 1 fully saturated rings. The van der Waals surface area contributed by atoms with Crippen LogP contribution in [0.5, 0.6) is 11.5 Å². The number of benzene rings is 1. The molecule has 1 unspecified atom stereocenters. The number of hydrogen-bond donors (Lipinski definition) is 2. The van der Waals surface area contributed by atoms with Crippen molar-refractivity contribution in [3.05, 3.63) is 28.2 Å². The fraction of sp³-hybridized carbons (Fsp3) is 0.571. The molecule has 2 heterocycles. The van der Waals surface area contributed by atoms with Crippen LogP contribution in [-0.4, -0.2) is 87.3 Å². The van der Waals surface area contributed by atoms with E-state index in [0.29, 0.717) is 28.7 Å². The van der Waals surface area contributed by atoms with E-state index in [2.05, 4.69) is 28.2 Å². The summed E-state index contributed by atoms with van der Waals surface area (Å²) in [5.74, 6) is 1.83. The summed E-state index contributed by atoms with van der Waals surface area (Å²) < 4.78 is 10.9. The van der Waals surface area contributed by atoms with E-state index in [1.54, 1.807) is 14.2 Å². The molecule has 0 radical (unpaired) electrons. The predicted molar refractivity (Wildman–Crippen MR) is 116 cm³/mol. The van der Waals surface area contributed by atoms with Gasteiger partial charge in [-0.05, 0) is 31.2 Å². The normalized spacial score (nSPS) is 20.2. The molecule has 2 aliphatic rings. The third-order valence-corrected chi connectivity index (χ3v) is 6.52. The lowest BCUT2D eigenvalue weighted by Gasteiger charge is -2.33. The zero-order valence-corrected chi connectivity index (χ0v) is 18.2. The van der Waals surface area contributed by atoms with Crippen molar-refractivity contribution >= 4 is 17.5 Å². The summed E-state index contributed by atoms with van der Waals surface area (Å²) in [6.07, 6.45) is 0.384. The Kier molecular flexibility index (Phi) is 7.67. The van der Waals surface area contributed by atoms with Crippen molar-refractivity contribution in [3.63, 3.8) is 0 Å². The van der Waals surface area contributed by atoms with Crippen LogP contribution in [0.15, 0.2) is 17.0 Å². The van der Waals surface area contributed by atoms with Crippen molar-refractivity contribution in [3.8, 4) is 17.6 Å². The van der Waals surface area contributed by atoms with Crippen molar-refractivity contribution in [1.82, 2.24) is 15.1 Å². The highest BCUT2D eigenvalue weighted by Gasteiger charge is 2.23. The fourth-order valence-corrected chi connectivity index (χ4v) is 4.56. The second-order valence-corrected chi connectivity index (χ2v) is 8.46. The molecule has 1 aromatic carbocycles. The van der Waals surface area contributed by atoms with Crippen LogP contribution in [0.3, 0.4) is 0 Å². The molecule has 2 N–H and O–H groups in total. The van der Waals surface area contributed by atoms with Crippen molar-refractivity contribution in [2.24, 2.45) is 0 Å². The van der Waals surface area contributed by atoms with Gasteiger partial charge in [0.05, 0.1) is 26.0 Å². The summed E-state index contributed by atoms with van der Waals surface area (Å²) >= 11 is 1.41. The number of hydrogen-bond acceptors (Lipinski definition) is 8. The van der Waals surface area contributed by atoms with Gasteiger partial charge in [-0.3, -0.25) is 4.90 Å². The summed E-state index contributed by atoms with van der Waals surface area (Å²) in [7, 11) is 5.35. The first kappa shape index (κ1) is 21.8. The number of allylic oxidation sites excluding steroid dienone is 1. The minimum atomic E-state index is -0.471. The summed E-state index contributed by atoms with van der Waals surface area (Å²) in [5, 5.41) is 23.6. The lowest BCUT2D eigenvalue weighted by molar-refractivity contribution is 0.0921. The van der Waals surface area contributed by atoms with Crippen LogP contribution >= 0.6 is 11.8 Å². The molecule has 1 aromatic rings. The highest BCUT2D eigenvalue weighted by molar-refractivity contribution is 8.03. The number of methoxy groups -OCH3 is 2. The number of piperazine rings is 1. The molecule has 0 amide bonds. The molecule has 29 heavy (non-hydrogen) atoms. The topological polar surface area (TPSA) is 81.0 Å². The van der Waals surface area contributed by atoms with Crippen LogP contribution in [0.25, 0.3) is 5.70 Å². The van der Waals surface area contributed by atoms with E-state index in [1.807, 2.05) is 12.1 Å². The third kappa shape index (κ3) is 5.37. The summed E-state index contributed by atoms with van der Waals surface area (Å²) in [6.45, 7) is 5.40. The number of likely N-dealkylation sites (N-methyl/N-ethyl adjacent to an activating group) is 1. The van der Waals surface area contributed by atoms with Crippen LogP contribution in [0, 0.1) is 11.3 Å². The molecule has 158 valence electrons. The number of fused-ring (bicyclic) bond motifs is 1. The SMILES string of the molecule is COc1cc2c(cc1OC)C(=C(C#N)SCC(O)CN1CCN(C)CC1)NCC2. The first-order valence-corrected chi connectivity index (χ1v) is 10.9. The van der Waals surface area contributed by atoms with Crippen molar-refractivity contribution < 1.29 is 14.6 Å². The van der Waals surface area contributed by atoms with E-state index in [1.165, 1.54) is 11.8 Å². The standard InChI is InChI=1S/C21H30N4O3S/c1-24-6-8-25(9-7-24)13-16(26)14-29-20(12-22)21-17-11-19(28-3)18(27-2)10-15(17)4-5-23-21/h10-11,16,23,26H,4-9,13-14H2,1-3H3. The van der Waals surface area contributed by atoms with Crippen LogP contribution in [0.1, 0.15) is 11.1 Å². The number of nitrogens with zero attached hydrogens (tertiary/aromatic N) is 3. The van der Waals surface area contributed by atoms with E-state index in [-0.39, 0.29) is 0 Å². The number of aliphatic hydroxyl groups excluding tert-OH is 1. The number of nitrogens with one attached hydrogen (secondary N) is 1. The minimum Gasteiger partial charge on any atom is -0.493 e. The average molecular weight is 419 g/mol. The molecule has 0 spiro atoms. The lowest BCUT2D eigenvalue weighted by Crippen LogP contribution is -2.47. The summed E-state index contributed by atoms with van der Waals surface area (Å²) in [6, 6.07) is 6.23. The molecule has 0 aliphatic carbocycles. The largest absolute Gasteiger partial charge is 0.493 e. The Morgan fingerprint density at radius 3 is 2.59 bits per heavy atom. The minimum absolute atomic E-state index is 0.471. The van der Waals surface area contributed by atoms with Crippen LogP contribution < -0.4 is 14.8 Å². The van der Waals surface area contributed by atoms with Crippen LogP contribution in [0.4, 0.5) is 0 Å². The Labute approximate surface area is 177 Å². The van der Waals surface area contributed by atoms with Gasteiger partial charge in [0.2, 0.25) is 0 Å². The number of thioether (sulfide) groups is 1. The van der Waals surface area contributed by atoms with E-state index in [0.717, 1.165) is 56.0 Å². The number of rotatable bonds is 7. The molecule has 8 heteroatoms. The van der Waals surface area contributed by atoms with Gasteiger partial charge >= 0.3 is 0 Å². The van der Waals surface area contributed by atoms with Gasteiger partial charge in [0.15, 0.2) is 11.5 Å².